The van der Waals surface area contributed by atoms with E-state index in [1.807, 2.05) is 40.8 Å². The summed E-state index contributed by atoms with van der Waals surface area (Å²) in [4.78, 5) is 21.6. The van der Waals surface area contributed by atoms with Gasteiger partial charge in [-0.2, -0.15) is 0 Å². The number of likely N-dealkylation sites (N-methyl/N-ethyl adjacent to an activating group) is 1. The Morgan fingerprint density at radius 3 is 2.76 bits per heavy atom. The Balaban J connectivity index is 1.90. The van der Waals surface area contributed by atoms with Crippen LogP contribution in [0.5, 0.6) is 5.88 Å². The average molecular weight is 468 g/mol. The van der Waals surface area contributed by atoms with E-state index in [0.717, 1.165) is 5.56 Å². The number of hydrogen-bond acceptors (Lipinski definition) is 5. The monoisotopic (exact) mass is 467 g/mol. The molecule has 1 aromatic carbocycles. The van der Waals surface area contributed by atoms with E-state index in [2.05, 4.69) is 21.7 Å². The standard InChI is InChI=1S/C27H34FN3O3/c1-18(2)9-10-21-12-24-26(29-13-21)34-25(19(3)14-31(27(24)33)20(4)17-32)16-30(5)15-22-7-6-8-23(28)11-22/h6-8,11-13,18-20,25,32H,14-17H2,1-5H3/t19-,20-,25+/m0/s1. The van der Waals surface area contributed by atoms with E-state index in [0.29, 0.717) is 30.8 Å². The van der Waals surface area contributed by atoms with Crippen LogP contribution in [0.25, 0.3) is 0 Å². The van der Waals surface area contributed by atoms with Crippen molar-refractivity contribution in [3.63, 3.8) is 0 Å². The number of carbonyl (C=O) groups excluding carboxylic acids is 1. The highest BCUT2D eigenvalue weighted by Crippen LogP contribution is 2.27. The van der Waals surface area contributed by atoms with Gasteiger partial charge in [-0.3, -0.25) is 9.69 Å². The van der Waals surface area contributed by atoms with Gasteiger partial charge in [-0.25, -0.2) is 9.37 Å². The van der Waals surface area contributed by atoms with E-state index >= 15 is 0 Å². The number of carbonyl (C=O) groups is 1. The lowest BCUT2D eigenvalue weighted by Gasteiger charge is -2.37. The number of hydrogen-bond donors (Lipinski definition) is 1. The first kappa shape index (κ1) is 25.7. The molecule has 6 nitrogen and oxygen atoms in total. The van der Waals surface area contributed by atoms with E-state index in [-0.39, 0.29) is 48.2 Å². The van der Waals surface area contributed by atoms with Gasteiger partial charge in [-0.05, 0) is 37.7 Å². The summed E-state index contributed by atoms with van der Waals surface area (Å²) in [6.07, 6.45) is 1.36. The average Bonchev–Trinajstić information content (AvgIpc) is 2.79. The fourth-order valence-corrected chi connectivity index (χ4v) is 3.93. The SMILES string of the molecule is CC(C)C#Cc1cnc2c(c1)C(=O)N([C@@H](C)CO)C[C@H](C)[C@@H](CN(C)Cc1cccc(F)c1)O2. The molecule has 1 aliphatic rings. The Morgan fingerprint density at radius 2 is 2.09 bits per heavy atom. The zero-order valence-corrected chi connectivity index (χ0v) is 20.6. The van der Waals surface area contributed by atoms with Crippen molar-refractivity contribution in [2.45, 2.75) is 46.4 Å². The van der Waals surface area contributed by atoms with Gasteiger partial charge in [0.15, 0.2) is 0 Å². The number of ether oxygens (including phenoxy) is 1. The Bertz CT molecular complexity index is 1060. The molecule has 0 spiro atoms. The minimum absolute atomic E-state index is 0.0248. The summed E-state index contributed by atoms with van der Waals surface area (Å²) >= 11 is 0. The molecule has 0 radical (unpaired) electrons. The van der Waals surface area contributed by atoms with Crippen molar-refractivity contribution in [1.29, 1.82) is 0 Å². The molecule has 0 unspecified atom stereocenters. The first-order chi connectivity index (χ1) is 16.2. The second kappa shape index (κ2) is 11.5. The molecule has 0 saturated carbocycles. The second-order valence-corrected chi connectivity index (χ2v) is 9.45. The van der Waals surface area contributed by atoms with Crippen LogP contribution in [0.1, 0.15) is 49.2 Å². The molecule has 0 aliphatic carbocycles. The predicted octanol–water partition coefficient (Wildman–Crippen LogP) is 3.58. The molecule has 182 valence electrons. The summed E-state index contributed by atoms with van der Waals surface area (Å²) in [5.41, 5.74) is 1.87. The minimum atomic E-state index is -0.350. The van der Waals surface area contributed by atoms with E-state index in [1.165, 1.54) is 12.1 Å². The van der Waals surface area contributed by atoms with Crippen LogP contribution >= 0.6 is 0 Å². The number of aliphatic hydroxyl groups is 1. The summed E-state index contributed by atoms with van der Waals surface area (Å²) < 4.78 is 19.9. The van der Waals surface area contributed by atoms with Gasteiger partial charge < -0.3 is 14.7 Å². The number of rotatable bonds is 6. The Labute approximate surface area is 201 Å². The molecular weight excluding hydrogens is 433 g/mol. The van der Waals surface area contributed by atoms with Crippen LogP contribution in [0.3, 0.4) is 0 Å². The molecule has 7 heteroatoms. The molecule has 0 saturated heterocycles. The van der Waals surface area contributed by atoms with Crippen molar-refractivity contribution in [1.82, 2.24) is 14.8 Å². The van der Waals surface area contributed by atoms with Crippen molar-refractivity contribution in [3.8, 4) is 17.7 Å². The van der Waals surface area contributed by atoms with Crippen molar-refractivity contribution in [2.24, 2.45) is 11.8 Å². The van der Waals surface area contributed by atoms with E-state index in [9.17, 15) is 14.3 Å². The summed E-state index contributed by atoms with van der Waals surface area (Å²) in [6.45, 7) is 9.26. The van der Waals surface area contributed by atoms with Crippen LogP contribution in [-0.2, 0) is 6.54 Å². The quantitative estimate of drug-likeness (QED) is 0.658. The molecule has 1 N–H and O–H groups in total. The first-order valence-electron chi connectivity index (χ1n) is 11.7. The summed E-state index contributed by atoms with van der Waals surface area (Å²) in [7, 11) is 1.96. The smallest absolute Gasteiger partial charge is 0.259 e. The van der Waals surface area contributed by atoms with Gasteiger partial charge in [0.2, 0.25) is 5.88 Å². The third kappa shape index (κ3) is 6.55. The molecule has 1 amide bonds. The Kier molecular flexibility index (Phi) is 8.65. The number of aromatic nitrogens is 1. The third-order valence-electron chi connectivity index (χ3n) is 5.86. The maximum atomic E-state index is 13.6. The lowest BCUT2D eigenvalue weighted by Crippen LogP contribution is -2.49. The van der Waals surface area contributed by atoms with Gasteiger partial charge >= 0.3 is 0 Å². The van der Waals surface area contributed by atoms with Crippen molar-refractivity contribution >= 4 is 5.91 Å². The maximum Gasteiger partial charge on any atom is 0.259 e. The fourth-order valence-electron chi connectivity index (χ4n) is 3.93. The zero-order chi connectivity index (χ0) is 24.8. The van der Waals surface area contributed by atoms with Crippen LogP contribution < -0.4 is 4.74 Å². The lowest BCUT2D eigenvalue weighted by atomic mass is 9.99. The molecule has 2 heterocycles. The number of amides is 1. The highest BCUT2D eigenvalue weighted by molar-refractivity contribution is 5.97. The molecule has 34 heavy (non-hydrogen) atoms. The van der Waals surface area contributed by atoms with Crippen LogP contribution in [0, 0.1) is 29.5 Å². The summed E-state index contributed by atoms with van der Waals surface area (Å²) in [5, 5.41) is 9.80. The molecule has 1 aliphatic heterocycles. The van der Waals surface area contributed by atoms with Gasteiger partial charge in [0.1, 0.15) is 17.5 Å². The highest BCUT2D eigenvalue weighted by Gasteiger charge is 2.34. The number of pyridine rings is 1. The van der Waals surface area contributed by atoms with Crippen molar-refractivity contribution in [2.75, 3.05) is 26.7 Å². The minimum Gasteiger partial charge on any atom is -0.472 e. The van der Waals surface area contributed by atoms with Crippen LogP contribution in [0.2, 0.25) is 0 Å². The largest absolute Gasteiger partial charge is 0.472 e. The normalized spacial score (nSPS) is 19.1. The molecule has 0 bridgehead atoms. The van der Waals surface area contributed by atoms with Crippen molar-refractivity contribution in [3.05, 3.63) is 59.0 Å². The van der Waals surface area contributed by atoms with Crippen LogP contribution in [0.15, 0.2) is 36.5 Å². The van der Waals surface area contributed by atoms with E-state index < -0.39 is 0 Å². The molecule has 2 aromatic rings. The van der Waals surface area contributed by atoms with Gasteiger partial charge in [-0.15, -0.1) is 0 Å². The molecule has 0 fully saturated rings. The molecular formula is C27H34FN3O3. The van der Waals surface area contributed by atoms with Gasteiger partial charge in [-0.1, -0.05) is 44.7 Å². The third-order valence-corrected chi connectivity index (χ3v) is 5.86. The molecule has 3 atom stereocenters. The van der Waals surface area contributed by atoms with Crippen LogP contribution in [-0.4, -0.2) is 64.7 Å². The lowest BCUT2D eigenvalue weighted by molar-refractivity contribution is 0.0325. The maximum absolute atomic E-state index is 13.6. The Morgan fingerprint density at radius 1 is 1.32 bits per heavy atom. The van der Waals surface area contributed by atoms with Crippen LogP contribution in [0.4, 0.5) is 4.39 Å². The Hall–Kier alpha value is -2.95. The predicted molar refractivity (Wildman–Crippen MR) is 130 cm³/mol. The van der Waals surface area contributed by atoms with Gasteiger partial charge in [0.25, 0.3) is 5.91 Å². The highest BCUT2D eigenvalue weighted by atomic mass is 19.1. The van der Waals surface area contributed by atoms with Crippen molar-refractivity contribution < 1.29 is 19.0 Å². The second-order valence-electron chi connectivity index (χ2n) is 9.45. The topological polar surface area (TPSA) is 65.9 Å². The van der Waals surface area contributed by atoms with E-state index in [4.69, 9.17) is 4.74 Å². The number of aliphatic hydroxyl groups excluding tert-OH is 1. The van der Waals surface area contributed by atoms with Gasteiger partial charge in [0.05, 0.1) is 12.6 Å². The zero-order valence-electron chi connectivity index (χ0n) is 20.6. The first-order valence-corrected chi connectivity index (χ1v) is 11.7. The number of halogens is 1. The number of benzene rings is 1. The van der Waals surface area contributed by atoms with Gasteiger partial charge in [0, 0.05) is 43.2 Å². The van der Waals surface area contributed by atoms with E-state index in [1.54, 1.807) is 23.2 Å². The molecule has 1 aromatic heterocycles. The summed E-state index contributed by atoms with van der Waals surface area (Å²) in [5.74, 6) is 6.11. The number of nitrogens with zero attached hydrogens (tertiary/aromatic N) is 3. The molecule has 3 rings (SSSR count). The number of fused-ring (bicyclic) bond motifs is 1. The summed E-state index contributed by atoms with van der Waals surface area (Å²) in [6, 6.07) is 7.92. The fraction of sp³-hybridized carbons (Fsp3) is 0.481.